The summed E-state index contributed by atoms with van der Waals surface area (Å²) in [5.41, 5.74) is 0. The highest BCUT2D eigenvalue weighted by Crippen LogP contribution is 2.14. The molecule has 67 heavy (non-hydrogen) atoms. The Bertz CT molecular complexity index is 1390. The first kappa shape index (κ1) is 63.1. The SMILES string of the molecule is CC/C=C\C/C=C\C/C=C\C/C=C\C/C=C\CCCCCCCCCCCCCC(=O)OCC(COC(=O)CCCCCCCCC)OC(=O)CCCC/C=C\C/C=C\C/C=C\C/C=C\CC. The Balaban J connectivity index is 4.21. The van der Waals surface area contributed by atoms with Crippen LogP contribution in [0.3, 0.4) is 0 Å². The molecule has 0 bridgehead atoms. The minimum atomic E-state index is -0.798. The molecule has 0 aliphatic carbocycles. The summed E-state index contributed by atoms with van der Waals surface area (Å²) in [5, 5.41) is 0. The highest BCUT2D eigenvalue weighted by atomic mass is 16.6. The predicted molar refractivity (Wildman–Crippen MR) is 288 cm³/mol. The molecular formula is C61H100O6. The lowest BCUT2D eigenvalue weighted by Gasteiger charge is -2.18. The number of hydrogen-bond donors (Lipinski definition) is 0. The Morgan fingerprint density at radius 2 is 0.582 bits per heavy atom. The van der Waals surface area contributed by atoms with Gasteiger partial charge in [0.15, 0.2) is 6.10 Å². The highest BCUT2D eigenvalue weighted by molar-refractivity contribution is 5.71. The fourth-order valence-corrected chi connectivity index (χ4v) is 7.22. The van der Waals surface area contributed by atoms with Gasteiger partial charge in [0.1, 0.15) is 13.2 Å². The molecule has 0 aromatic carbocycles. The average molecular weight is 929 g/mol. The molecule has 0 fully saturated rings. The van der Waals surface area contributed by atoms with Gasteiger partial charge in [0.2, 0.25) is 0 Å². The van der Waals surface area contributed by atoms with Crippen molar-refractivity contribution in [3.05, 3.63) is 109 Å². The van der Waals surface area contributed by atoms with E-state index in [1.807, 2.05) is 0 Å². The van der Waals surface area contributed by atoms with Gasteiger partial charge in [-0.25, -0.2) is 0 Å². The molecule has 0 radical (unpaired) electrons. The van der Waals surface area contributed by atoms with Gasteiger partial charge in [-0.3, -0.25) is 14.4 Å². The topological polar surface area (TPSA) is 78.9 Å². The molecule has 0 aromatic heterocycles. The Morgan fingerprint density at radius 1 is 0.313 bits per heavy atom. The molecule has 0 N–H and O–H groups in total. The summed E-state index contributed by atoms with van der Waals surface area (Å²) in [6.07, 6.45) is 73.9. The van der Waals surface area contributed by atoms with Gasteiger partial charge in [0.05, 0.1) is 0 Å². The fourth-order valence-electron chi connectivity index (χ4n) is 7.22. The van der Waals surface area contributed by atoms with Crippen molar-refractivity contribution < 1.29 is 28.6 Å². The monoisotopic (exact) mass is 929 g/mol. The number of rotatable bonds is 48. The van der Waals surface area contributed by atoms with Crippen LogP contribution in [0.5, 0.6) is 0 Å². The molecule has 0 heterocycles. The Kier molecular flexibility index (Phi) is 51.5. The molecule has 0 saturated heterocycles. The number of allylic oxidation sites excluding steroid dienone is 18. The molecule has 0 aromatic rings. The van der Waals surface area contributed by atoms with Gasteiger partial charge in [-0.05, 0) is 103 Å². The molecule has 0 amide bonds. The van der Waals surface area contributed by atoms with Crippen LogP contribution in [0.15, 0.2) is 109 Å². The van der Waals surface area contributed by atoms with Crippen molar-refractivity contribution in [1.29, 1.82) is 0 Å². The Hall–Kier alpha value is -3.93. The van der Waals surface area contributed by atoms with Crippen LogP contribution in [0.1, 0.15) is 239 Å². The van der Waals surface area contributed by atoms with Gasteiger partial charge < -0.3 is 14.2 Å². The third kappa shape index (κ3) is 52.9. The number of carbonyl (C=O) groups is 3. The zero-order valence-electron chi connectivity index (χ0n) is 43.4. The minimum absolute atomic E-state index is 0.0958. The first-order valence-electron chi connectivity index (χ1n) is 27.4. The largest absolute Gasteiger partial charge is 0.462 e. The maximum atomic E-state index is 12.8. The Labute approximate surface area is 412 Å². The van der Waals surface area contributed by atoms with E-state index < -0.39 is 6.10 Å². The minimum Gasteiger partial charge on any atom is -0.462 e. The molecule has 0 saturated carbocycles. The second kappa shape index (κ2) is 54.7. The first-order valence-corrected chi connectivity index (χ1v) is 27.4. The summed E-state index contributed by atoms with van der Waals surface area (Å²) in [6.45, 7) is 6.32. The second-order valence-corrected chi connectivity index (χ2v) is 17.7. The van der Waals surface area contributed by atoms with Crippen molar-refractivity contribution in [2.75, 3.05) is 13.2 Å². The fraction of sp³-hybridized carbons (Fsp3) is 0.656. The quantitative estimate of drug-likeness (QED) is 0.0262. The van der Waals surface area contributed by atoms with E-state index in [2.05, 4.69) is 130 Å². The Morgan fingerprint density at radius 3 is 0.940 bits per heavy atom. The van der Waals surface area contributed by atoms with E-state index in [-0.39, 0.29) is 37.5 Å². The maximum Gasteiger partial charge on any atom is 0.306 e. The van der Waals surface area contributed by atoms with Crippen molar-refractivity contribution in [1.82, 2.24) is 0 Å². The molecule has 0 aliphatic heterocycles. The summed E-state index contributed by atoms with van der Waals surface area (Å²) in [5.74, 6) is -0.951. The summed E-state index contributed by atoms with van der Waals surface area (Å²) < 4.78 is 16.7. The highest BCUT2D eigenvalue weighted by Gasteiger charge is 2.19. The number of esters is 3. The average Bonchev–Trinajstić information content (AvgIpc) is 3.33. The summed E-state index contributed by atoms with van der Waals surface area (Å²) in [7, 11) is 0. The standard InChI is InChI=1S/C61H100O6/c1-4-7-10-13-16-18-20-22-24-25-26-27-28-29-30-31-32-33-34-35-37-38-40-42-45-48-51-54-60(63)66-57-58(56-65-59(62)53-50-47-44-15-12-9-6-3)67-61(64)55-52-49-46-43-41-39-36-23-21-19-17-14-11-8-5-2/h7-8,10-11,16-19,22-24,26-27,29-30,36,41,43,58H,4-6,9,12-15,20-21,25,28,31-35,37-40,42,44-57H2,1-3H3/b10-7-,11-8-,18-16-,19-17-,24-22-,27-26-,30-29-,36-23-,43-41-. The van der Waals surface area contributed by atoms with Gasteiger partial charge >= 0.3 is 17.9 Å². The van der Waals surface area contributed by atoms with Crippen LogP contribution in [-0.2, 0) is 28.6 Å². The lowest BCUT2D eigenvalue weighted by Crippen LogP contribution is -2.30. The molecule has 1 atom stereocenters. The second-order valence-electron chi connectivity index (χ2n) is 17.7. The molecule has 1 unspecified atom stereocenters. The molecule has 6 nitrogen and oxygen atoms in total. The smallest absolute Gasteiger partial charge is 0.306 e. The van der Waals surface area contributed by atoms with Gasteiger partial charge in [-0.2, -0.15) is 0 Å². The van der Waals surface area contributed by atoms with Crippen LogP contribution >= 0.6 is 0 Å². The van der Waals surface area contributed by atoms with Crippen molar-refractivity contribution in [2.24, 2.45) is 0 Å². The molecule has 0 aliphatic rings. The predicted octanol–water partition coefficient (Wildman–Crippen LogP) is 18.3. The summed E-state index contributed by atoms with van der Waals surface area (Å²) in [6, 6.07) is 0. The number of unbranched alkanes of at least 4 members (excludes halogenated alkanes) is 19. The van der Waals surface area contributed by atoms with Gasteiger partial charge in [-0.1, -0.05) is 226 Å². The van der Waals surface area contributed by atoms with Crippen LogP contribution < -0.4 is 0 Å². The lowest BCUT2D eigenvalue weighted by atomic mass is 10.0. The number of hydrogen-bond acceptors (Lipinski definition) is 6. The molecular weight excluding hydrogens is 829 g/mol. The van der Waals surface area contributed by atoms with Gasteiger partial charge in [0, 0.05) is 19.3 Å². The normalized spacial score (nSPS) is 12.9. The van der Waals surface area contributed by atoms with E-state index in [1.165, 1.54) is 83.5 Å². The zero-order chi connectivity index (χ0) is 48.6. The van der Waals surface area contributed by atoms with E-state index >= 15 is 0 Å². The summed E-state index contributed by atoms with van der Waals surface area (Å²) >= 11 is 0. The number of ether oxygens (including phenoxy) is 3. The van der Waals surface area contributed by atoms with E-state index in [4.69, 9.17) is 14.2 Å². The molecule has 0 spiro atoms. The third-order valence-corrected chi connectivity index (χ3v) is 11.3. The summed E-state index contributed by atoms with van der Waals surface area (Å²) in [4.78, 5) is 37.8. The van der Waals surface area contributed by atoms with Crippen LogP contribution in [-0.4, -0.2) is 37.2 Å². The van der Waals surface area contributed by atoms with Crippen LogP contribution in [0, 0.1) is 0 Å². The van der Waals surface area contributed by atoms with Crippen LogP contribution in [0.2, 0.25) is 0 Å². The zero-order valence-corrected chi connectivity index (χ0v) is 43.4. The van der Waals surface area contributed by atoms with Crippen molar-refractivity contribution in [3.8, 4) is 0 Å². The third-order valence-electron chi connectivity index (χ3n) is 11.3. The maximum absolute atomic E-state index is 12.8. The molecule has 0 rings (SSSR count). The van der Waals surface area contributed by atoms with Crippen LogP contribution in [0.4, 0.5) is 0 Å². The van der Waals surface area contributed by atoms with E-state index in [0.717, 1.165) is 109 Å². The first-order chi connectivity index (χ1) is 33.0. The van der Waals surface area contributed by atoms with E-state index in [9.17, 15) is 14.4 Å². The van der Waals surface area contributed by atoms with Gasteiger partial charge in [0.25, 0.3) is 0 Å². The van der Waals surface area contributed by atoms with Crippen LogP contribution in [0.25, 0.3) is 0 Å². The van der Waals surface area contributed by atoms with Crippen molar-refractivity contribution >= 4 is 17.9 Å². The number of carbonyl (C=O) groups excluding carboxylic acids is 3. The molecule has 380 valence electrons. The van der Waals surface area contributed by atoms with E-state index in [0.29, 0.717) is 19.3 Å². The van der Waals surface area contributed by atoms with Crippen molar-refractivity contribution in [3.63, 3.8) is 0 Å². The van der Waals surface area contributed by atoms with Gasteiger partial charge in [-0.15, -0.1) is 0 Å². The van der Waals surface area contributed by atoms with Crippen molar-refractivity contribution in [2.45, 2.75) is 245 Å². The van der Waals surface area contributed by atoms with E-state index in [1.54, 1.807) is 0 Å². The molecule has 6 heteroatoms. The lowest BCUT2D eigenvalue weighted by molar-refractivity contribution is -0.167.